The molecule has 0 fully saturated rings. The molecule has 0 unspecified atom stereocenters. The number of phenolic OH excluding ortho intramolecular Hbond substituents is 3. The van der Waals surface area contributed by atoms with Crippen molar-refractivity contribution in [2.75, 3.05) is 0 Å². The van der Waals surface area contributed by atoms with Crippen LogP contribution in [0.4, 0.5) is 0 Å². The summed E-state index contributed by atoms with van der Waals surface area (Å²) in [6, 6.07) is 10.5. The van der Waals surface area contributed by atoms with E-state index in [1.54, 1.807) is 25.1 Å². The van der Waals surface area contributed by atoms with Crippen LogP contribution in [0.25, 0.3) is 0 Å². The van der Waals surface area contributed by atoms with Crippen LogP contribution in [-0.2, 0) is 0 Å². The molecule has 0 aliphatic carbocycles. The predicted octanol–water partition coefficient (Wildman–Crippen LogP) is 4.05. The lowest BCUT2D eigenvalue weighted by Gasteiger charge is -1.97. The summed E-state index contributed by atoms with van der Waals surface area (Å²) in [5.41, 5.74) is 2.72. The summed E-state index contributed by atoms with van der Waals surface area (Å²) >= 11 is 0. The summed E-state index contributed by atoms with van der Waals surface area (Å²) in [5, 5.41) is 26.9. The van der Waals surface area contributed by atoms with E-state index in [0.717, 1.165) is 11.1 Å². The number of aryl methyl sites for hydroxylation is 3. The maximum absolute atomic E-state index is 9.10. The maximum atomic E-state index is 9.10. The summed E-state index contributed by atoms with van der Waals surface area (Å²) in [4.78, 5) is 0. The van der Waals surface area contributed by atoms with Gasteiger partial charge in [-0.2, -0.15) is 0 Å². The van der Waals surface area contributed by atoms with E-state index in [9.17, 15) is 0 Å². The Labute approximate surface area is 114 Å². The van der Waals surface area contributed by atoms with Crippen LogP contribution in [0.5, 0.6) is 17.2 Å². The van der Waals surface area contributed by atoms with Gasteiger partial charge in [-0.1, -0.05) is 31.7 Å². The summed E-state index contributed by atoms with van der Waals surface area (Å²) in [6.45, 7) is 5.57. The molecule has 0 radical (unpaired) electrons. The Morgan fingerprint density at radius 1 is 0.737 bits per heavy atom. The zero-order chi connectivity index (χ0) is 13.7. The van der Waals surface area contributed by atoms with Gasteiger partial charge < -0.3 is 15.3 Å². The van der Waals surface area contributed by atoms with Crippen molar-refractivity contribution in [3.63, 3.8) is 0 Å². The molecule has 0 spiro atoms. The fourth-order valence-electron chi connectivity index (χ4n) is 1.36. The predicted molar refractivity (Wildman–Crippen MR) is 78.8 cm³/mol. The Morgan fingerprint density at radius 2 is 1.37 bits per heavy atom. The summed E-state index contributed by atoms with van der Waals surface area (Å²) < 4.78 is 0. The molecule has 3 heteroatoms. The monoisotopic (exact) mass is 262 g/mol. The second kappa shape index (κ2) is 7.31. The van der Waals surface area contributed by atoms with Crippen molar-refractivity contribution < 1.29 is 15.3 Å². The molecule has 2 rings (SSSR count). The lowest BCUT2D eigenvalue weighted by molar-refractivity contribution is 0.401. The van der Waals surface area contributed by atoms with Gasteiger partial charge in [-0.05, 0) is 49.6 Å². The Balaban J connectivity index is 0.000000324. The number of phenols is 3. The van der Waals surface area contributed by atoms with E-state index >= 15 is 0 Å². The van der Waals surface area contributed by atoms with Crippen LogP contribution in [-0.4, -0.2) is 15.3 Å². The van der Waals surface area contributed by atoms with E-state index in [1.165, 1.54) is 6.07 Å². The Bertz CT molecular complexity index is 513. The third-order valence-electron chi connectivity index (χ3n) is 2.58. The second-order valence-electron chi connectivity index (χ2n) is 4.23. The van der Waals surface area contributed by atoms with Crippen molar-refractivity contribution in [1.82, 2.24) is 0 Å². The fraction of sp³-hybridized carbons (Fsp3) is 0.250. The molecule has 0 aromatic heterocycles. The smallest absolute Gasteiger partial charge is 0.160 e. The quantitative estimate of drug-likeness (QED) is 0.628. The number of hydrogen-bond donors (Lipinski definition) is 3. The Morgan fingerprint density at radius 3 is 1.79 bits per heavy atom. The molecule has 0 atom stereocenters. The van der Waals surface area contributed by atoms with Crippen molar-refractivity contribution in [2.45, 2.75) is 28.2 Å². The van der Waals surface area contributed by atoms with Crippen LogP contribution in [0.15, 0.2) is 36.4 Å². The van der Waals surface area contributed by atoms with Gasteiger partial charge in [-0.15, -0.1) is 0 Å². The number of benzene rings is 2. The van der Waals surface area contributed by atoms with Crippen LogP contribution in [0.3, 0.4) is 0 Å². The van der Waals surface area contributed by atoms with Crippen molar-refractivity contribution >= 4 is 0 Å². The highest BCUT2D eigenvalue weighted by molar-refractivity contribution is 5.43. The van der Waals surface area contributed by atoms with Gasteiger partial charge in [0, 0.05) is 0 Å². The van der Waals surface area contributed by atoms with E-state index in [4.69, 9.17) is 15.3 Å². The van der Waals surface area contributed by atoms with Crippen molar-refractivity contribution in [2.24, 2.45) is 0 Å². The summed E-state index contributed by atoms with van der Waals surface area (Å²) in [6.07, 6.45) is 0. The molecule has 2 aromatic carbocycles. The molecule has 2 aromatic rings. The van der Waals surface area contributed by atoms with Crippen LogP contribution in [0.2, 0.25) is 0 Å². The van der Waals surface area contributed by atoms with E-state index in [0.29, 0.717) is 11.3 Å². The lowest BCUT2D eigenvalue weighted by Crippen LogP contribution is -1.74. The number of rotatable bonds is 0. The maximum Gasteiger partial charge on any atom is 0.160 e. The topological polar surface area (TPSA) is 60.7 Å². The minimum absolute atomic E-state index is 0. The van der Waals surface area contributed by atoms with Gasteiger partial charge in [0.05, 0.1) is 0 Å². The third kappa shape index (κ3) is 4.92. The minimum atomic E-state index is -0.0602. The number of para-hydroxylation sites is 1. The number of hydrogen-bond acceptors (Lipinski definition) is 3. The normalized spacial score (nSPS) is 9.00. The highest BCUT2D eigenvalue weighted by atomic mass is 16.3. The number of aromatic hydroxyl groups is 3. The molecule has 104 valence electrons. The van der Waals surface area contributed by atoms with Crippen molar-refractivity contribution in [3.05, 3.63) is 53.1 Å². The highest BCUT2D eigenvalue weighted by Gasteiger charge is 1.98. The largest absolute Gasteiger partial charge is 0.508 e. The molecular formula is C16H22O3. The fourth-order valence-corrected chi connectivity index (χ4v) is 1.36. The third-order valence-corrected chi connectivity index (χ3v) is 2.58. The van der Waals surface area contributed by atoms with E-state index < -0.39 is 0 Å². The first-order valence-electron chi connectivity index (χ1n) is 5.65. The van der Waals surface area contributed by atoms with Crippen LogP contribution < -0.4 is 0 Å². The van der Waals surface area contributed by atoms with Gasteiger partial charge in [0.1, 0.15) is 5.75 Å². The molecule has 3 N–H and O–H groups in total. The average Bonchev–Trinajstić information content (AvgIpc) is 2.32. The lowest BCUT2D eigenvalue weighted by atomic mass is 10.1. The zero-order valence-corrected chi connectivity index (χ0v) is 10.8. The second-order valence-corrected chi connectivity index (χ2v) is 4.23. The molecule has 0 aliphatic rings. The van der Waals surface area contributed by atoms with E-state index in [1.807, 2.05) is 26.0 Å². The molecule has 0 aliphatic heterocycles. The molecule has 0 saturated carbocycles. The molecule has 0 saturated heterocycles. The van der Waals surface area contributed by atoms with Gasteiger partial charge in [0.15, 0.2) is 11.5 Å². The van der Waals surface area contributed by atoms with Crippen LogP contribution >= 0.6 is 0 Å². The summed E-state index contributed by atoms with van der Waals surface area (Å²) in [7, 11) is 0. The Kier molecular flexibility index (Phi) is 6.48. The summed E-state index contributed by atoms with van der Waals surface area (Å²) in [5.74, 6) is 0.294. The first-order chi connectivity index (χ1) is 8.41. The van der Waals surface area contributed by atoms with E-state index in [2.05, 4.69) is 0 Å². The molecular weight excluding hydrogens is 240 g/mol. The molecule has 0 heterocycles. The SMILES string of the molecule is C.Cc1ccc(C)c(O)c1.Cc1cccc(O)c1O. The van der Waals surface area contributed by atoms with Gasteiger partial charge in [0.2, 0.25) is 0 Å². The molecule has 3 nitrogen and oxygen atoms in total. The van der Waals surface area contributed by atoms with Gasteiger partial charge in [-0.25, -0.2) is 0 Å². The van der Waals surface area contributed by atoms with Crippen LogP contribution in [0.1, 0.15) is 24.1 Å². The van der Waals surface area contributed by atoms with Crippen molar-refractivity contribution in [1.29, 1.82) is 0 Å². The molecule has 0 amide bonds. The minimum Gasteiger partial charge on any atom is -0.508 e. The average molecular weight is 262 g/mol. The van der Waals surface area contributed by atoms with Crippen molar-refractivity contribution in [3.8, 4) is 17.2 Å². The van der Waals surface area contributed by atoms with Gasteiger partial charge in [-0.3, -0.25) is 0 Å². The first-order valence-corrected chi connectivity index (χ1v) is 5.65. The van der Waals surface area contributed by atoms with Gasteiger partial charge >= 0.3 is 0 Å². The van der Waals surface area contributed by atoms with E-state index in [-0.39, 0.29) is 18.9 Å². The van der Waals surface area contributed by atoms with Crippen LogP contribution in [0, 0.1) is 20.8 Å². The molecule has 19 heavy (non-hydrogen) atoms. The highest BCUT2D eigenvalue weighted by Crippen LogP contribution is 2.26. The molecule has 0 bridgehead atoms. The van der Waals surface area contributed by atoms with Gasteiger partial charge in [0.25, 0.3) is 0 Å². The first kappa shape index (κ1) is 16.8. The standard InChI is InChI=1S/C8H10O.C7H8O2.CH4/c1-6-3-4-7(2)8(9)5-6;1-5-3-2-4-6(8)7(5)9;/h3-5,9H,1-2H3;2-4,8-9H,1H3;1H4. The zero-order valence-electron chi connectivity index (χ0n) is 10.8. The Hall–Kier alpha value is -2.16.